The van der Waals surface area contributed by atoms with Crippen LogP contribution < -0.4 is 0 Å². The molecule has 0 aromatic rings. The summed E-state index contributed by atoms with van der Waals surface area (Å²) in [7, 11) is -4.70. The van der Waals surface area contributed by atoms with Gasteiger partial charge < -0.3 is 19.6 Å². The molecular weight excluding hydrogens is 395 g/mol. The predicted octanol–water partition coefficient (Wildman–Crippen LogP) is 5.26. The van der Waals surface area contributed by atoms with Gasteiger partial charge in [-0.1, -0.05) is 96.8 Å². The lowest BCUT2D eigenvalue weighted by molar-refractivity contribution is -0.147. The summed E-state index contributed by atoms with van der Waals surface area (Å²) in [6, 6.07) is 0. The number of aliphatic hydroxyl groups excluding tert-OH is 1. The Labute approximate surface area is 176 Å². The van der Waals surface area contributed by atoms with Crippen LogP contribution in [0.3, 0.4) is 0 Å². The zero-order valence-electron chi connectivity index (χ0n) is 18.2. The van der Waals surface area contributed by atoms with Crippen LogP contribution in [-0.2, 0) is 18.6 Å². The van der Waals surface area contributed by atoms with Gasteiger partial charge in [-0.2, -0.15) is 0 Å². The van der Waals surface area contributed by atoms with E-state index >= 15 is 0 Å². The SMILES string of the molecule is CCCCCCCCCCCCCCCCCC(=O)OC[C@H](CO)OP(=O)(O)O. The van der Waals surface area contributed by atoms with Crippen molar-refractivity contribution in [3.05, 3.63) is 0 Å². The Bertz CT molecular complexity index is 425. The van der Waals surface area contributed by atoms with E-state index in [1.165, 1.54) is 77.0 Å². The summed E-state index contributed by atoms with van der Waals surface area (Å²) in [5.74, 6) is -0.438. The standard InChI is InChI=1S/C21H43O7P/c1-2-3-4-5-6-7-8-9-10-11-12-13-14-15-16-17-21(23)27-19-20(18-22)28-29(24,25)26/h20,22H,2-19H2,1H3,(H2,24,25,26)/t20-/m0/s1. The highest BCUT2D eigenvalue weighted by Gasteiger charge is 2.22. The summed E-state index contributed by atoms with van der Waals surface area (Å²) >= 11 is 0. The number of phosphoric acid groups is 1. The van der Waals surface area contributed by atoms with Crippen molar-refractivity contribution in [3.8, 4) is 0 Å². The number of aliphatic hydroxyl groups is 1. The summed E-state index contributed by atoms with van der Waals surface area (Å²) < 4.78 is 19.9. The fraction of sp³-hybridized carbons (Fsp3) is 0.952. The molecule has 0 heterocycles. The Morgan fingerprint density at radius 3 is 1.59 bits per heavy atom. The average molecular weight is 439 g/mol. The van der Waals surface area contributed by atoms with Gasteiger partial charge in [0.2, 0.25) is 0 Å². The molecule has 0 aromatic heterocycles. The molecule has 0 aliphatic heterocycles. The Morgan fingerprint density at radius 1 is 0.793 bits per heavy atom. The first-order valence-corrected chi connectivity index (χ1v) is 12.9. The van der Waals surface area contributed by atoms with Crippen molar-refractivity contribution in [2.75, 3.05) is 13.2 Å². The van der Waals surface area contributed by atoms with E-state index in [0.29, 0.717) is 0 Å². The number of ether oxygens (including phenoxy) is 1. The molecule has 0 rings (SSSR count). The molecule has 0 amide bonds. The second-order valence-electron chi connectivity index (χ2n) is 7.78. The third kappa shape index (κ3) is 22.1. The van der Waals surface area contributed by atoms with Gasteiger partial charge in [-0.3, -0.25) is 9.32 Å². The molecule has 7 nitrogen and oxygen atoms in total. The van der Waals surface area contributed by atoms with E-state index < -0.39 is 26.5 Å². The van der Waals surface area contributed by atoms with Crippen LogP contribution in [0.25, 0.3) is 0 Å². The third-order valence-corrected chi connectivity index (χ3v) is 5.48. The molecule has 0 aromatic carbocycles. The minimum absolute atomic E-state index is 0.270. The summed E-state index contributed by atoms with van der Waals surface area (Å²) in [4.78, 5) is 29.0. The Balaban J connectivity index is 3.37. The van der Waals surface area contributed by atoms with Gasteiger partial charge in [-0.05, 0) is 6.42 Å². The second kappa shape index (κ2) is 19.5. The largest absolute Gasteiger partial charge is 0.470 e. The van der Waals surface area contributed by atoms with E-state index in [-0.39, 0.29) is 13.0 Å². The Kier molecular flexibility index (Phi) is 19.2. The molecule has 0 radical (unpaired) electrons. The number of carbonyl (C=O) groups excluding carboxylic acids is 1. The minimum Gasteiger partial charge on any atom is -0.463 e. The van der Waals surface area contributed by atoms with Crippen LogP contribution in [0.2, 0.25) is 0 Å². The van der Waals surface area contributed by atoms with Crippen LogP contribution in [0.1, 0.15) is 110 Å². The normalized spacial score (nSPS) is 12.8. The van der Waals surface area contributed by atoms with Crippen molar-refractivity contribution in [1.82, 2.24) is 0 Å². The molecular formula is C21H43O7P. The number of phosphoric ester groups is 1. The average Bonchev–Trinajstić information content (AvgIpc) is 2.67. The van der Waals surface area contributed by atoms with E-state index in [0.717, 1.165) is 19.3 Å². The molecule has 1 atom stereocenters. The molecule has 0 spiro atoms. The molecule has 0 saturated carbocycles. The van der Waals surface area contributed by atoms with Crippen LogP contribution >= 0.6 is 7.82 Å². The first-order chi connectivity index (χ1) is 13.9. The maximum absolute atomic E-state index is 11.6. The number of carbonyl (C=O) groups is 1. The van der Waals surface area contributed by atoms with Crippen LogP contribution in [0.5, 0.6) is 0 Å². The number of esters is 1. The van der Waals surface area contributed by atoms with Crippen LogP contribution in [-0.4, -0.2) is 40.2 Å². The van der Waals surface area contributed by atoms with Gasteiger partial charge in [0, 0.05) is 6.42 Å². The summed E-state index contributed by atoms with van der Waals surface area (Å²) in [5, 5.41) is 8.96. The lowest BCUT2D eigenvalue weighted by Crippen LogP contribution is -2.24. The number of unbranched alkanes of at least 4 members (excludes halogenated alkanes) is 14. The van der Waals surface area contributed by atoms with Crippen LogP contribution in [0.4, 0.5) is 0 Å². The predicted molar refractivity (Wildman–Crippen MR) is 115 cm³/mol. The van der Waals surface area contributed by atoms with Crippen molar-refractivity contribution in [1.29, 1.82) is 0 Å². The van der Waals surface area contributed by atoms with Gasteiger partial charge in [0.05, 0.1) is 6.61 Å². The second-order valence-corrected chi connectivity index (χ2v) is 8.98. The molecule has 29 heavy (non-hydrogen) atoms. The Hall–Kier alpha value is -0.460. The fourth-order valence-electron chi connectivity index (χ4n) is 3.21. The molecule has 8 heteroatoms. The van der Waals surface area contributed by atoms with Crippen molar-refractivity contribution >= 4 is 13.8 Å². The molecule has 0 aliphatic carbocycles. The van der Waals surface area contributed by atoms with Crippen molar-refractivity contribution in [2.24, 2.45) is 0 Å². The van der Waals surface area contributed by atoms with Gasteiger partial charge in [0.15, 0.2) is 0 Å². The highest BCUT2D eigenvalue weighted by molar-refractivity contribution is 7.46. The van der Waals surface area contributed by atoms with Gasteiger partial charge in [0.25, 0.3) is 0 Å². The molecule has 0 aliphatic rings. The van der Waals surface area contributed by atoms with Gasteiger partial charge >= 0.3 is 13.8 Å². The molecule has 0 fully saturated rings. The lowest BCUT2D eigenvalue weighted by Gasteiger charge is -2.15. The highest BCUT2D eigenvalue weighted by Crippen LogP contribution is 2.37. The van der Waals surface area contributed by atoms with E-state index in [1.807, 2.05) is 0 Å². The Morgan fingerprint density at radius 2 is 1.21 bits per heavy atom. The maximum Gasteiger partial charge on any atom is 0.470 e. The third-order valence-electron chi connectivity index (χ3n) is 4.90. The molecule has 174 valence electrons. The summed E-state index contributed by atoms with van der Waals surface area (Å²) in [6.45, 7) is 1.26. The van der Waals surface area contributed by atoms with Crippen molar-refractivity contribution in [2.45, 2.75) is 116 Å². The van der Waals surface area contributed by atoms with E-state index in [1.54, 1.807) is 0 Å². The van der Waals surface area contributed by atoms with Gasteiger partial charge in [-0.15, -0.1) is 0 Å². The van der Waals surface area contributed by atoms with Crippen LogP contribution in [0.15, 0.2) is 0 Å². The lowest BCUT2D eigenvalue weighted by atomic mass is 10.0. The van der Waals surface area contributed by atoms with Gasteiger partial charge in [-0.25, -0.2) is 4.57 Å². The quantitative estimate of drug-likeness (QED) is 0.127. The summed E-state index contributed by atoms with van der Waals surface area (Å²) in [6.07, 6.45) is 17.9. The smallest absolute Gasteiger partial charge is 0.463 e. The molecule has 0 saturated heterocycles. The van der Waals surface area contributed by atoms with Crippen molar-refractivity contribution in [3.63, 3.8) is 0 Å². The molecule has 0 bridgehead atoms. The number of hydrogen-bond acceptors (Lipinski definition) is 5. The summed E-state index contributed by atoms with van der Waals surface area (Å²) in [5.41, 5.74) is 0. The van der Waals surface area contributed by atoms with E-state index in [4.69, 9.17) is 19.6 Å². The van der Waals surface area contributed by atoms with E-state index in [9.17, 15) is 9.36 Å². The van der Waals surface area contributed by atoms with E-state index in [2.05, 4.69) is 11.4 Å². The first-order valence-electron chi connectivity index (χ1n) is 11.4. The topological polar surface area (TPSA) is 113 Å². The first kappa shape index (κ1) is 28.5. The minimum atomic E-state index is -4.70. The van der Waals surface area contributed by atoms with Crippen LogP contribution in [0, 0.1) is 0 Å². The maximum atomic E-state index is 11.6. The molecule has 3 N–H and O–H groups in total. The van der Waals surface area contributed by atoms with Crippen molar-refractivity contribution < 1.29 is 33.5 Å². The monoisotopic (exact) mass is 438 g/mol. The highest BCUT2D eigenvalue weighted by atomic mass is 31.2. The zero-order chi connectivity index (χ0) is 21.8. The molecule has 0 unspecified atom stereocenters. The zero-order valence-corrected chi connectivity index (χ0v) is 19.1. The number of hydrogen-bond donors (Lipinski definition) is 3. The fourth-order valence-corrected chi connectivity index (χ4v) is 3.73. The van der Waals surface area contributed by atoms with Gasteiger partial charge in [0.1, 0.15) is 12.7 Å². The number of rotatable bonds is 21.